The molecule has 1 atom stereocenters. The summed E-state index contributed by atoms with van der Waals surface area (Å²) in [6, 6.07) is 0. The van der Waals surface area contributed by atoms with Crippen LogP contribution in [0.15, 0.2) is 0 Å². The second-order valence-corrected chi connectivity index (χ2v) is 5.46. The zero-order chi connectivity index (χ0) is 11.5. The highest BCUT2D eigenvalue weighted by atomic mass is 32.2. The molecule has 0 aliphatic carbocycles. The molecule has 0 aromatic heterocycles. The van der Waals surface area contributed by atoms with Gasteiger partial charge in [0.2, 0.25) is 10.0 Å². The third kappa shape index (κ3) is 3.44. The number of esters is 1. The number of methoxy groups -OCH3 is 1. The van der Waals surface area contributed by atoms with Gasteiger partial charge in [-0.2, -0.15) is 4.31 Å². The van der Waals surface area contributed by atoms with E-state index in [2.05, 4.69) is 4.74 Å². The zero-order valence-electron chi connectivity index (χ0n) is 8.55. The fourth-order valence-electron chi connectivity index (χ4n) is 1.47. The predicted molar refractivity (Wildman–Crippen MR) is 52.6 cm³/mol. The molecule has 1 heterocycles. The third-order valence-electron chi connectivity index (χ3n) is 2.28. The Morgan fingerprint density at radius 3 is 2.80 bits per heavy atom. The minimum absolute atomic E-state index is 0.0688. The monoisotopic (exact) mass is 237 g/mol. The lowest BCUT2D eigenvalue weighted by molar-refractivity contribution is -0.137. The molecule has 1 rings (SSSR count). The quantitative estimate of drug-likeness (QED) is 0.633. The molecule has 0 aromatic rings. The Balaban J connectivity index is 2.64. The lowest BCUT2D eigenvalue weighted by Gasteiger charge is -2.28. The Bertz CT molecular complexity index is 326. The summed E-state index contributed by atoms with van der Waals surface area (Å²) in [5, 5.41) is 9.31. The summed E-state index contributed by atoms with van der Waals surface area (Å²) in [7, 11) is -2.49. The topological polar surface area (TPSA) is 83.9 Å². The maximum Gasteiger partial charge on any atom is 0.322 e. The van der Waals surface area contributed by atoms with Crippen molar-refractivity contribution in [3.63, 3.8) is 0 Å². The van der Waals surface area contributed by atoms with Gasteiger partial charge >= 0.3 is 5.97 Å². The summed E-state index contributed by atoms with van der Waals surface area (Å²) < 4.78 is 28.7. The van der Waals surface area contributed by atoms with Gasteiger partial charge in [-0.15, -0.1) is 0 Å². The molecule has 1 N–H and O–H groups in total. The van der Waals surface area contributed by atoms with Gasteiger partial charge in [-0.25, -0.2) is 8.42 Å². The Labute approximate surface area is 88.9 Å². The number of nitrogens with zero attached hydrogens (tertiary/aromatic N) is 1. The van der Waals surface area contributed by atoms with Crippen LogP contribution in [0.1, 0.15) is 12.8 Å². The normalized spacial score (nSPS) is 23.7. The van der Waals surface area contributed by atoms with Crippen molar-refractivity contribution in [3.05, 3.63) is 0 Å². The van der Waals surface area contributed by atoms with Crippen molar-refractivity contribution in [2.75, 3.05) is 26.0 Å². The average molecular weight is 237 g/mol. The van der Waals surface area contributed by atoms with Crippen molar-refractivity contribution < 1.29 is 23.1 Å². The average Bonchev–Trinajstić information content (AvgIpc) is 2.17. The lowest BCUT2D eigenvalue weighted by atomic mass is 10.1. The molecule has 15 heavy (non-hydrogen) atoms. The van der Waals surface area contributed by atoms with Crippen LogP contribution in [0.2, 0.25) is 0 Å². The fourth-order valence-corrected chi connectivity index (χ4v) is 2.88. The molecule has 0 spiro atoms. The molecule has 88 valence electrons. The van der Waals surface area contributed by atoms with Crippen LogP contribution < -0.4 is 0 Å². The Hall–Kier alpha value is -0.660. The number of aliphatic hydroxyl groups is 1. The minimum atomic E-state index is -3.63. The van der Waals surface area contributed by atoms with Crippen LogP contribution in [0.3, 0.4) is 0 Å². The van der Waals surface area contributed by atoms with Crippen molar-refractivity contribution >= 4 is 16.0 Å². The lowest BCUT2D eigenvalue weighted by Crippen LogP contribution is -2.44. The number of rotatable bonds is 3. The number of hydrogen-bond donors (Lipinski definition) is 1. The molecule has 1 saturated heterocycles. The highest BCUT2D eigenvalue weighted by Gasteiger charge is 2.29. The number of sulfonamides is 1. The molecule has 0 saturated carbocycles. The van der Waals surface area contributed by atoms with Gasteiger partial charge in [0.1, 0.15) is 0 Å². The van der Waals surface area contributed by atoms with Gasteiger partial charge in [-0.1, -0.05) is 0 Å². The smallest absolute Gasteiger partial charge is 0.322 e. The second-order valence-electron chi connectivity index (χ2n) is 3.49. The molecule has 0 radical (unpaired) electrons. The van der Waals surface area contributed by atoms with Crippen molar-refractivity contribution in [2.45, 2.75) is 18.9 Å². The third-order valence-corrected chi connectivity index (χ3v) is 4.00. The summed E-state index contributed by atoms with van der Waals surface area (Å²) in [6.07, 6.45) is 0.581. The van der Waals surface area contributed by atoms with Crippen molar-refractivity contribution in [3.8, 4) is 0 Å². The second kappa shape index (κ2) is 4.91. The highest BCUT2D eigenvalue weighted by molar-refractivity contribution is 7.89. The van der Waals surface area contributed by atoms with Gasteiger partial charge in [0.15, 0.2) is 5.75 Å². The number of carbonyl (C=O) groups excluding carboxylic acids is 1. The van der Waals surface area contributed by atoms with E-state index in [0.29, 0.717) is 19.4 Å². The van der Waals surface area contributed by atoms with E-state index in [4.69, 9.17) is 0 Å². The SMILES string of the molecule is COC(=O)CS(=O)(=O)N1CCCC(O)C1. The largest absolute Gasteiger partial charge is 0.468 e. The first-order valence-electron chi connectivity index (χ1n) is 4.68. The summed E-state index contributed by atoms with van der Waals surface area (Å²) in [5.41, 5.74) is 0. The van der Waals surface area contributed by atoms with E-state index in [-0.39, 0.29) is 6.54 Å². The summed E-state index contributed by atoms with van der Waals surface area (Å²) in [5.74, 6) is -1.44. The minimum Gasteiger partial charge on any atom is -0.468 e. The van der Waals surface area contributed by atoms with E-state index in [9.17, 15) is 18.3 Å². The number of ether oxygens (including phenoxy) is 1. The van der Waals surface area contributed by atoms with Crippen LogP contribution in [-0.4, -0.2) is 55.9 Å². The molecule has 0 bridgehead atoms. The van der Waals surface area contributed by atoms with E-state index in [1.807, 2.05) is 0 Å². The van der Waals surface area contributed by atoms with Gasteiger partial charge in [-0.3, -0.25) is 4.79 Å². The molecule has 1 aliphatic rings. The maximum atomic E-state index is 11.6. The number of aliphatic hydroxyl groups excluding tert-OH is 1. The van der Waals surface area contributed by atoms with Crippen LogP contribution in [0, 0.1) is 0 Å². The first-order valence-corrected chi connectivity index (χ1v) is 6.29. The van der Waals surface area contributed by atoms with E-state index >= 15 is 0 Å². The maximum absolute atomic E-state index is 11.6. The molecular weight excluding hydrogens is 222 g/mol. The number of carbonyl (C=O) groups is 1. The Kier molecular flexibility index (Phi) is 4.06. The molecule has 0 amide bonds. The van der Waals surface area contributed by atoms with Crippen LogP contribution in [0.5, 0.6) is 0 Å². The van der Waals surface area contributed by atoms with Crippen LogP contribution >= 0.6 is 0 Å². The van der Waals surface area contributed by atoms with Crippen molar-refractivity contribution in [1.29, 1.82) is 0 Å². The van der Waals surface area contributed by atoms with E-state index < -0.39 is 27.8 Å². The van der Waals surface area contributed by atoms with Gasteiger partial charge in [0.25, 0.3) is 0 Å². The van der Waals surface area contributed by atoms with Crippen molar-refractivity contribution in [2.24, 2.45) is 0 Å². The molecule has 1 fully saturated rings. The molecular formula is C8H15NO5S. The number of piperidine rings is 1. The van der Waals surface area contributed by atoms with Gasteiger partial charge in [-0.05, 0) is 12.8 Å². The van der Waals surface area contributed by atoms with Crippen molar-refractivity contribution in [1.82, 2.24) is 4.31 Å². The summed E-state index contributed by atoms with van der Waals surface area (Å²) >= 11 is 0. The predicted octanol–water partition coefficient (Wildman–Crippen LogP) is -1.05. The first-order chi connectivity index (χ1) is 6.95. The summed E-state index contributed by atoms with van der Waals surface area (Å²) in [4.78, 5) is 10.9. The van der Waals surface area contributed by atoms with E-state index in [1.54, 1.807) is 0 Å². The molecule has 1 unspecified atom stereocenters. The zero-order valence-corrected chi connectivity index (χ0v) is 9.37. The van der Waals surface area contributed by atoms with E-state index in [1.165, 1.54) is 0 Å². The molecule has 0 aromatic carbocycles. The molecule has 1 aliphatic heterocycles. The summed E-state index contributed by atoms with van der Waals surface area (Å²) in [6.45, 7) is 0.426. The van der Waals surface area contributed by atoms with Crippen LogP contribution in [0.25, 0.3) is 0 Å². The molecule has 7 heteroatoms. The Morgan fingerprint density at radius 1 is 1.60 bits per heavy atom. The van der Waals surface area contributed by atoms with Gasteiger partial charge in [0.05, 0.1) is 13.2 Å². The van der Waals surface area contributed by atoms with Gasteiger partial charge in [0, 0.05) is 13.1 Å². The Morgan fingerprint density at radius 2 is 2.27 bits per heavy atom. The van der Waals surface area contributed by atoms with Gasteiger partial charge < -0.3 is 9.84 Å². The van der Waals surface area contributed by atoms with E-state index in [0.717, 1.165) is 11.4 Å². The first kappa shape index (κ1) is 12.4. The number of β-amino-alcohol motifs (C(OH)–C–C–N with tert-alkyl or cyclic N) is 1. The highest BCUT2D eigenvalue weighted by Crippen LogP contribution is 2.14. The fraction of sp³-hybridized carbons (Fsp3) is 0.875. The standard InChI is InChI=1S/C8H15NO5S/c1-14-8(11)6-15(12,13)9-4-2-3-7(10)5-9/h7,10H,2-6H2,1H3. The van der Waals surface area contributed by atoms with Crippen LogP contribution in [0.4, 0.5) is 0 Å². The molecule has 6 nitrogen and oxygen atoms in total. The van der Waals surface area contributed by atoms with Crippen LogP contribution in [-0.2, 0) is 19.6 Å². The number of hydrogen-bond acceptors (Lipinski definition) is 5.